The minimum absolute atomic E-state index is 0.169. The van der Waals surface area contributed by atoms with Crippen molar-refractivity contribution in [3.05, 3.63) is 12.7 Å². The van der Waals surface area contributed by atoms with Crippen LogP contribution in [0.5, 0.6) is 0 Å². The minimum Gasteiger partial charge on any atom is -0.491 e. The molecule has 0 saturated heterocycles. The molecule has 25 heavy (non-hydrogen) atoms. The van der Waals surface area contributed by atoms with Gasteiger partial charge in [0.05, 0.1) is 0 Å². The van der Waals surface area contributed by atoms with Crippen LogP contribution in [0.1, 0.15) is 61.3 Å². The zero-order valence-corrected chi connectivity index (χ0v) is 21.2. The third kappa shape index (κ3) is 7.13. The SMILES string of the molecule is C=CC(=O)O[Si](O[Si](C)(C)O[SiH](C)C(C)(C)C)(C(C)CC)C(C)CC. The topological polar surface area (TPSA) is 44.8 Å². The third-order valence-corrected chi connectivity index (χ3v) is 18.6. The monoisotopic (exact) mass is 404 g/mol. The number of hydrogen-bond acceptors (Lipinski definition) is 4. The van der Waals surface area contributed by atoms with Crippen molar-refractivity contribution in [3.63, 3.8) is 0 Å². The Morgan fingerprint density at radius 3 is 1.92 bits per heavy atom. The van der Waals surface area contributed by atoms with Gasteiger partial charge in [-0.3, -0.25) is 0 Å². The first-order valence-electron chi connectivity index (χ1n) is 9.49. The number of hydrogen-bond donors (Lipinski definition) is 0. The van der Waals surface area contributed by atoms with Crippen LogP contribution in [0.15, 0.2) is 12.7 Å². The van der Waals surface area contributed by atoms with Crippen LogP contribution < -0.4 is 0 Å². The van der Waals surface area contributed by atoms with Crippen molar-refractivity contribution in [3.8, 4) is 0 Å². The summed E-state index contributed by atoms with van der Waals surface area (Å²) in [6, 6.07) is 0. The summed E-state index contributed by atoms with van der Waals surface area (Å²) in [4.78, 5) is 12.1. The maximum atomic E-state index is 12.1. The lowest BCUT2D eigenvalue weighted by atomic mass is 10.3. The molecule has 0 saturated carbocycles. The summed E-state index contributed by atoms with van der Waals surface area (Å²) in [6.07, 6.45) is 3.08. The number of rotatable bonds is 10. The smallest absolute Gasteiger partial charge is 0.398 e. The highest BCUT2D eigenvalue weighted by atomic mass is 28.5. The lowest BCUT2D eigenvalue weighted by Gasteiger charge is -2.44. The molecular weight excluding hydrogens is 364 g/mol. The Balaban J connectivity index is 5.79. The Morgan fingerprint density at radius 1 is 1.16 bits per heavy atom. The highest BCUT2D eigenvalue weighted by Crippen LogP contribution is 2.42. The molecule has 0 N–H and O–H groups in total. The molecular formula is C18H40O4Si3. The van der Waals surface area contributed by atoms with Gasteiger partial charge in [0.2, 0.25) is 0 Å². The van der Waals surface area contributed by atoms with Crippen molar-refractivity contribution in [2.24, 2.45) is 0 Å². The van der Waals surface area contributed by atoms with Crippen LogP contribution in [-0.2, 0) is 17.5 Å². The van der Waals surface area contributed by atoms with Gasteiger partial charge in [-0.1, -0.05) is 67.9 Å². The first-order valence-corrected chi connectivity index (χ1v) is 16.5. The van der Waals surface area contributed by atoms with Crippen LogP contribution in [0.2, 0.25) is 35.8 Å². The lowest BCUT2D eigenvalue weighted by molar-refractivity contribution is -0.131. The van der Waals surface area contributed by atoms with Crippen molar-refractivity contribution < 1.29 is 17.5 Å². The van der Waals surface area contributed by atoms with E-state index < -0.39 is 26.2 Å². The molecule has 0 rings (SSSR count). The van der Waals surface area contributed by atoms with E-state index in [4.69, 9.17) is 12.7 Å². The van der Waals surface area contributed by atoms with Gasteiger partial charge in [0.25, 0.3) is 0 Å². The van der Waals surface area contributed by atoms with Crippen LogP contribution in [0.4, 0.5) is 0 Å². The molecule has 0 aromatic carbocycles. The summed E-state index contributed by atoms with van der Waals surface area (Å²) in [7, 11) is -6.68. The van der Waals surface area contributed by atoms with Gasteiger partial charge in [-0.2, -0.15) is 0 Å². The molecule has 0 aliphatic rings. The molecule has 0 heterocycles. The molecule has 0 fully saturated rings. The van der Waals surface area contributed by atoms with Crippen LogP contribution >= 0.6 is 0 Å². The molecule has 7 heteroatoms. The van der Waals surface area contributed by atoms with Crippen LogP contribution in [-0.4, -0.2) is 32.1 Å². The predicted molar refractivity (Wildman–Crippen MR) is 114 cm³/mol. The first-order chi connectivity index (χ1) is 11.3. The van der Waals surface area contributed by atoms with E-state index in [1.807, 2.05) is 0 Å². The van der Waals surface area contributed by atoms with Crippen molar-refractivity contribution in [2.75, 3.05) is 0 Å². The largest absolute Gasteiger partial charge is 0.491 e. The van der Waals surface area contributed by atoms with Crippen LogP contribution in [0, 0.1) is 0 Å². The van der Waals surface area contributed by atoms with Crippen molar-refractivity contribution in [2.45, 2.75) is 97.1 Å². The fourth-order valence-electron chi connectivity index (χ4n) is 2.69. The van der Waals surface area contributed by atoms with Gasteiger partial charge in [0, 0.05) is 17.2 Å². The zero-order chi connectivity index (χ0) is 20.1. The third-order valence-electron chi connectivity index (χ3n) is 5.11. The van der Waals surface area contributed by atoms with Gasteiger partial charge in [0.1, 0.15) is 0 Å². The van der Waals surface area contributed by atoms with E-state index in [2.05, 4.69) is 74.7 Å². The fourth-order valence-corrected chi connectivity index (χ4v) is 15.9. The van der Waals surface area contributed by atoms with E-state index >= 15 is 0 Å². The zero-order valence-electron chi connectivity index (χ0n) is 18.1. The van der Waals surface area contributed by atoms with Gasteiger partial charge < -0.3 is 12.7 Å². The molecule has 0 amide bonds. The van der Waals surface area contributed by atoms with Crippen molar-refractivity contribution in [1.29, 1.82) is 0 Å². The Morgan fingerprint density at radius 2 is 1.60 bits per heavy atom. The fraction of sp³-hybridized carbons (Fsp3) is 0.833. The van der Waals surface area contributed by atoms with E-state index in [0.29, 0.717) is 0 Å². The normalized spacial score (nSPS) is 18.8. The summed E-state index contributed by atoms with van der Waals surface area (Å²) in [6.45, 7) is 25.2. The van der Waals surface area contributed by atoms with E-state index in [1.54, 1.807) is 0 Å². The van der Waals surface area contributed by atoms with E-state index in [1.165, 1.54) is 6.08 Å². The van der Waals surface area contributed by atoms with Crippen LogP contribution in [0.3, 0.4) is 0 Å². The average Bonchev–Trinajstić information content (AvgIpc) is 2.50. The molecule has 0 bridgehead atoms. The first kappa shape index (κ1) is 24.8. The van der Waals surface area contributed by atoms with Crippen LogP contribution in [0.25, 0.3) is 0 Å². The molecule has 0 aliphatic carbocycles. The molecule has 0 spiro atoms. The quantitative estimate of drug-likeness (QED) is 0.349. The van der Waals surface area contributed by atoms with Crippen molar-refractivity contribution in [1.82, 2.24) is 0 Å². The van der Waals surface area contributed by atoms with Gasteiger partial charge in [-0.25, -0.2) is 4.79 Å². The summed E-state index contributed by atoms with van der Waals surface area (Å²) in [5.74, 6) is -0.377. The van der Waals surface area contributed by atoms with E-state index in [9.17, 15) is 4.79 Å². The highest BCUT2D eigenvalue weighted by Gasteiger charge is 2.54. The Labute approximate surface area is 159 Å². The summed E-state index contributed by atoms with van der Waals surface area (Å²) in [5.41, 5.74) is 0.404. The summed E-state index contributed by atoms with van der Waals surface area (Å²) < 4.78 is 19.3. The highest BCUT2D eigenvalue weighted by molar-refractivity contribution is 6.85. The molecule has 0 aromatic heterocycles. The second kappa shape index (κ2) is 9.64. The lowest BCUT2D eigenvalue weighted by Crippen LogP contribution is -2.59. The molecule has 0 aliphatic heterocycles. The Bertz CT molecular complexity index is 436. The second-order valence-corrected chi connectivity index (χ2v) is 19.8. The molecule has 0 radical (unpaired) electrons. The second-order valence-electron chi connectivity index (χ2n) is 8.59. The molecule has 3 atom stereocenters. The number of carbonyl (C=O) groups excluding carboxylic acids is 1. The van der Waals surface area contributed by atoms with Gasteiger partial charge >= 0.3 is 23.1 Å². The maximum Gasteiger partial charge on any atom is 0.398 e. The molecule has 3 unspecified atom stereocenters. The average molecular weight is 405 g/mol. The summed E-state index contributed by atoms with van der Waals surface area (Å²) >= 11 is 0. The number of carbonyl (C=O) groups is 1. The standard InChI is InChI=1S/C18H40O4Si3/c1-12-15(4)25(16(5)13-2,20-17(19)14-3)22-24(10,11)21-23(9)18(6,7)8/h14-16,23H,3,12-13H2,1-2,4-11H3. The van der Waals surface area contributed by atoms with Crippen molar-refractivity contribution >= 4 is 32.1 Å². The molecule has 148 valence electrons. The van der Waals surface area contributed by atoms with Gasteiger partial charge in [0.15, 0.2) is 9.04 Å². The molecule has 4 nitrogen and oxygen atoms in total. The minimum atomic E-state index is -2.81. The Kier molecular flexibility index (Phi) is 9.56. The van der Waals surface area contributed by atoms with E-state index in [0.717, 1.165) is 12.8 Å². The van der Waals surface area contributed by atoms with E-state index in [-0.39, 0.29) is 22.1 Å². The molecule has 0 aromatic rings. The Hall–Kier alpha value is -0.219. The van der Waals surface area contributed by atoms with Gasteiger partial charge in [-0.05, 0) is 24.7 Å². The predicted octanol–water partition coefficient (Wildman–Crippen LogP) is 5.65. The maximum absolute atomic E-state index is 12.1. The van der Waals surface area contributed by atoms with Gasteiger partial charge in [-0.15, -0.1) is 0 Å². The summed E-state index contributed by atoms with van der Waals surface area (Å²) in [5, 5.41) is 0.169.